The van der Waals surface area contributed by atoms with Crippen LogP contribution in [-0.4, -0.2) is 12.5 Å². The zero-order chi connectivity index (χ0) is 12.0. The number of halogens is 2. The summed E-state index contributed by atoms with van der Waals surface area (Å²) in [5, 5.41) is 2.95. The number of hydrazine groups is 1. The van der Waals surface area contributed by atoms with Crippen LogP contribution < -0.4 is 16.6 Å². The van der Waals surface area contributed by atoms with Crippen molar-refractivity contribution in [2.75, 3.05) is 11.9 Å². The van der Waals surface area contributed by atoms with Gasteiger partial charge in [0.15, 0.2) is 0 Å². The van der Waals surface area contributed by atoms with Crippen molar-refractivity contribution in [2.24, 2.45) is 10.8 Å². The number of rotatable bonds is 3. The molecule has 0 atom stereocenters. The lowest BCUT2D eigenvalue weighted by Gasteiger charge is -2.09. The number of nitrogens with two attached hydrogens (primary N) is 1. The third kappa shape index (κ3) is 3.67. The topological polar surface area (TPSA) is 62.4 Å². The molecule has 0 spiro atoms. The first kappa shape index (κ1) is 12.7. The van der Waals surface area contributed by atoms with Crippen molar-refractivity contribution in [1.82, 2.24) is 5.43 Å². The lowest BCUT2D eigenvalue weighted by Crippen LogP contribution is -2.36. The Morgan fingerprint density at radius 2 is 2.31 bits per heavy atom. The number of aliphatic imine (C=N–C) groups is 1. The Hall–Kier alpha value is -1.33. The SMILES string of the molecule is CCCN=C(NN)Nc1ccc(F)c(Cl)c1. The molecule has 0 aromatic heterocycles. The highest BCUT2D eigenvalue weighted by Crippen LogP contribution is 2.19. The van der Waals surface area contributed by atoms with E-state index in [0.717, 1.165) is 6.42 Å². The van der Waals surface area contributed by atoms with Gasteiger partial charge in [-0.05, 0) is 24.6 Å². The van der Waals surface area contributed by atoms with Crippen LogP contribution in [0.15, 0.2) is 23.2 Å². The van der Waals surface area contributed by atoms with E-state index in [2.05, 4.69) is 15.7 Å². The minimum absolute atomic E-state index is 0.0527. The molecule has 6 heteroatoms. The summed E-state index contributed by atoms with van der Waals surface area (Å²) >= 11 is 5.64. The summed E-state index contributed by atoms with van der Waals surface area (Å²) in [6.45, 7) is 2.66. The maximum atomic E-state index is 12.9. The molecule has 0 saturated carbocycles. The summed E-state index contributed by atoms with van der Waals surface area (Å²) in [5.74, 6) is 5.24. The monoisotopic (exact) mass is 244 g/mol. The second kappa shape index (κ2) is 6.30. The lowest BCUT2D eigenvalue weighted by molar-refractivity contribution is 0.628. The summed E-state index contributed by atoms with van der Waals surface area (Å²) in [6, 6.07) is 4.30. The highest BCUT2D eigenvalue weighted by molar-refractivity contribution is 6.31. The molecule has 0 aliphatic heterocycles. The number of nitrogens with zero attached hydrogens (tertiary/aromatic N) is 1. The number of benzene rings is 1. The van der Waals surface area contributed by atoms with Gasteiger partial charge in [0, 0.05) is 12.2 Å². The van der Waals surface area contributed by atoms with Crippen molar-refractivity contribution in [1.29, 1.82) is 0 Å². The van der Waals surface area contributed by atoms with Gasteiger partial charge >= 0.3 is 0 Å². The van der Waals surface area contributed by atoms with Crippen LogP contribution in [0.3, 0.4) is 0 Å². The van der Waals surface area contributed by atoms with E-state index in [1.54, 1.807) is 6.07 Å². The Labute approximate surface area is 98.7 Å². The van der Waals surface area contributed by atoms with Crippen molar-refractivity contribution in [3.8, 4) is 0 Å². The Kier molecular flexibility index (Phi) is 5.01. The number of guanidine groups is 1. The molecule has 0 saturated heterocycles. The molecule has 88 valence electrons. The summed E-state index contributed by atoms with van der Waals surface area (Å²) in [5.41, 5.74) is 3.05. The van der Waals surface area contributed by atoms with Crippen LogP contribution in [0, 0.1) is 5.82 Å². The van der Waals surface area contributed by atoms with E-state index < -0.39 is 5.82 Å². The Morgan fingerprint density at radius 1 is 1.56 bits per heavy atom. The van der Waals surface area contributed by atoms with Gasteiger partial charge in [0.25, 0.3) is 0 Å². The maximum Gasteiger partial charge on any atom is 0.210 e. The third-order valence-electron chi connectivity index (χ3n) is 1.81. The van der Waals surface area contributed by atoms with Crippen molar-refractivity contribution in [2.45, 2.75) is 13.3 Å². The zero-order valence-electron chi connectivity index (χ0n) is 8.93. The number of hydrogen-bond acceptors (Lipinski definition) is 2. The van der Waals surface area contributed by atoms with Gasteiger partial charge in [-0.2, -0.15) is 0 Å². The van der Waals surface area contributed by atoms with Gasteiger partial charge in [0.05, 0.1) is 5.02 Å². The molecule has 4 nitrogen and oxygen atoms in total. The van der Waals surface area contributed by atoms with Crippen LogP contribution in [0.4, 0.5) is 10.1 Å². The fourth-order valence-electron chi connectivity index (χ4n) is 1.06. The van der Waals surface area contributed by atoms with Crippen LogP contribution >= 0.6 is 11.6 Å². The number of nitrogens with one attached hydrogen (secondary N) is 2. The van der Waals surface area contributed by atoms with Crippen LogP contribution in [0.2, 0.25) is 5.02 Å². The second-order valence-corrected chi connectivity index (χ2v) is 3.54. The zero-order valence-corrected chi connectivity index (χ0v) is 9.68. The van der Waals surface area contributed by atoms with E-state index >= 15 is 0 Å². The lowest BCUT2D eigenvalue weighted by atomic mass is 10.3. The number of hydrogen-bond donors (Lipinski definition) is 3. The molecule has 0 aliphatic carbocycles. The molecule has 0 aliphatic rings. The summed E-state index contributed by atoms with van der Waals surface area (Å²) < 4.78 is 12.9. The summed E-state index contributed by atoms with van der Waals surface area (Å²) in [6.07, 6.45) is 0.914. The summed E-state index contributed by atoms with van der Waals surface area (Å²) in [7, 11) is 0. The Morgan fingerprint density at radius 3 is 2.88 bits per heavy atom. The molecular formula is C10H14ClFN4. The van der Waals surface area contributed by atoms with E-state index in [4.69, 9.17) is 17.4 Å². The minimum atomic E-state index is -0.458. The average molecular weight is 245 g/mol. The van der Waals surface area contributed by atoms with Gasteiger partial charge in [-0.15, -0.1) is 0 Å². The van der Waals surface area contributed by atoms with Crippen LogP contribution in [0.25, 0.3) is 0 Å². The first-order valence-electron chi connectivity index (χ1n) is 4.90. The Bertz CT molecular complexity index is 381. The molecule has 16 heavy (non-hydrogen) atoms. The highest BCUT2D eigenvalue weighted by Gasteiger charge is 2.02. The molecule has 0 heterocycles. The molecule has 4 N–H and O–H groups in total. The van der Waals surface area contributed by atoms with Crippen molar-refractivity contribution in [3.05, 3.63) is 29.0 Å². The summed E-state index contributed by atoms with van der Waals surface area (Å²) in [4.78, 5) is 4.14. The van der Waals surface area contributed by atoms with E-state index in [-0.39, 0.29) is 5.02 Å². The van der Waals surface area contributed by atoms with Crippen LogP contribution in [-0.2, 0) is 0 Å². The van der Waals surface area contributed by atoms with Crippen LogP contribution in [0.1, 0.15) is 13.3 Å². The Balaban J connectivity index is 2.74. The minimum Gasteiger partial charge on any atom is -0.325 e. The van der Waals surface area contributed by atoms with Gasteiger partial charge in [-0.25, -0.2) is 10.2 Å². The molecule has 0 unspecified atom stereocenters. The predicted octanol–water partition coefficient (Wildman–Crippen LogP) is 2.12. The van der Waals surface area contributed by atoms with Gasteiger partial charge in [-0.3, -0.25) is 10.4 Å². The van der Waals surface area contributed by atoms with Gasteiger partial charge in [0.1, 0.15) is 5.82 Å². The normalized spacial score (nSPS) is 11.4. The van der Waals surface area contributed by atoms with E-state index in [9.17, 15) is 4.39 Å². The molecule has 0 amide bonds. The molecule has 1 aromatic carbocycles. The fraction of sp³-hybridized carbons (Fsp3) is 0.300. The third-order valence-corrected chi connectivity index (χ3v) is 2.10. The first-order chi connectivity index (χ1) is 7.67. The molecule has 1 aromatic rings. The van der Waals surface area contributed by atoms with E-state index in [0.29, 0.717) is 18.2 Å². The highest BCUT2D eigenvalue weighted by atomic mass is 35.5. The van der Waals surface area contributed by atoms with Gasteiger partial charge in [0.2, 0.25) is 5.96 Å². The standard InChI is InChI=1S/C10H14ClFN4/c1-2-5-14-10(16-13)15-7-3-4-9(12)8(11)6-7/h3-4,6H,2,5,13H2,1H3,(H2,14,15,16). The van der Waals surface area contributed by atoms with Crippen LogP contribution in [0.5, 0.6) is 0 Å². The molecule has 0 radical (unpaired) electrons. The number of anilines is 1. The second-order valence-electron chi connectivity index (χ2n) is 3.13. The largest absolute Gasteiger partial charge is 0.325 e. The first-order valence-corrected chi connectivity index (χ1v) is 5.28. The molecule has 0 bridgehead atoms. The molecular weight excluding hydrogens is 231 g/mol. The molecule has 0 fully saturated rings. The molecule has 1 rings (SSSR count). The van der Waals surface area contributed by atoms with Gasteiger partial charge < -0.3 is 5.32 Å². The average Bonchev–Trinajstić information content (AvgIpc) is 2.29. The van der Waals surface area contributed by atoms with E-state index in [1.165, 1.54) is 12.1 Å². The van der Waals surface area contributed by atoms with Crippen molar-refractivity contribution >= 4 is 23.2 Å². The quantitative estimate of drug-likeness (QED) is 0.330. The van der Waals surface area contributed by atoms with E-state index in [1.807, 2.05) is 6.92 Å². The van der Waals surface area contributed by atoms with Crippen molar-refractivity contribution < 1.29 is 4.39 Å². The fourth-order valence-corrected chi connectivity index (χ4v) is 1.24. The smallest absolute Gasteiger partial charge is 0.210 e. The van der Waals surface area contributed by atoms with Gasteiger partial charge in [-0.1, -0.05) is 18.5 Å². The van der Waals surface area contributed by atoms with Crippen molar-refractivity contribution in [3.63, 3.8) is 0 Å². The maximum absolute atomic E-state index is 12.9. The predicted molar refractivity (Wildman–Crippen MR) is 64.9 cm³/mol.